The molecule has 3 aromatic rings. The molecule has 0 saturated carbocycles. The third-order valence-corrected chi connectivity index (χ3v) is 3.37. The zero-order valence-electron chi connectivity index (χ0n) is 20.2. The van der Waals surface area contributed by atoms with Crippen LogP contribution in [0.4, 0.5) is 0 Å². The summed E-state index contributed by atoms with van der Waals surface area (Å²) in [5.74, 6) is 0. The molecule has 0 aromatic heterocycles. The second-order valence-electron chi connectivity index (χ2n) is 4.98. The van der Waals surface area contributed by atoms with Crippen molar-refractivity contribution in [3.05, 3.63) is 83.2 Å². The van der Waals surface area contributed by atoms with Crippen molar-refractivity contribution in [1.82, 2.24) is 0 Å². The number of hydrogen-bond acceptors (Lipinski definition) is 0. The monoisotopic (exact) mass is 280 g/mol. The molecule has 0 radical (unpaired) electrons. The Labute approximate surface area is 138 Å². The summed E-state index contributed by atoms with van der Waals surface area (Å²) in [6.07, 6.45) is 0. The number of benzene rings is 3. The van der Waals surface area contributed by atoms with Crippen molar-refractivity contribution in [2.24, 2.45) is 0 Å². The van der Waals surface area contributed by atoms with Gasteiger partial charge in [-0.2, -0.15) is 0 Å². The Morgan fingerprint density at radius 2 is 1.29 bits per heavy atom. The Kier molecular flexibility index (Phi) is 1.88. The van der Waals surface area contributed by atoms with Gasteiger partial charge in [-0.1, -0.05) is 77.7 Å². The molecule has 0 amide bonds. The van der Waals surface area contributed by atoms with E-state index in [4.69, 9.17) is 11.0 Å². The van der Waals surface area contributed by atoms with Gasteiger partial charge in [0.2, 0.25) is 0 Å². The van der Waals surface area contributed by atoms with Crippen molar-refractivity contribution in [2.75, 3.05) is 0 Å². The highest BCUT2D eigenvalue weighted by atomic mass is 14.1. The van der Waals surface area contributed by atoms with E-state index in [1.54, 1.807) is 39.0 Å². The molecule has 0 heterocycles. The molecule has 104 valence electrons. The highest BCUT2D eigenvalue weighted by Gasteiger charge is 2.08. The van der Waals surface area contributed by atoms with Crippen LogP contribution in [0, 0.1) is 20.8 Å². The minimum absolute atomic E-state index is 0.0897. The minimum Gasteiger partial charge on any atom is -0.0622 e. The summed E-state index contributed by atoms with van der Waals surface area (Å²) in [4.78, 5) is 0. The second-order valence-corrected chi connectivity index (χ2v) is 4.98. The molecule has 0 spiro atoms. The lowest BCUT2D eigenvalue weighted by Crippen LogP contribution is -1.89. The van der Waals surface area contributed by atoms with Crippen LogP contribution in [0.5, 0.6) is 0 Å². The molecule has 0 saturated heterocycles. The molecule has 0 unspecified atom stereocenters. The molecule has 0 aliphatic carbocycles. The Bertz CT molecular complexity index is 1020. The van der Waals surface area contributed by atoms with E-state index in [-0.39, 0.29) is 35.8 Å². The molecule has 0 atom stereocenters. The molecule has 0 aliphatic heterocycles. The van der Waals surface area contributed by atoms with Crippen molar-refractivity contribution in [1.29, 1.82) is 0 Å². The maximum atomic E-state index is 8.46. The number of hydrogen-bond donors (Lipinski definition) is 0. The normalized spacial score (nSPS) is 16.0. The zero-order chi connectivity index (χ0) is 21.8. The predicted octanol–water partition coefficient (Wildman–Crippen LogP) is 5.95. The third kappa shape index (κ3) is 2.75. The van der Waals surface area contributed by atoms with E-state index in [0.717, 1.165) is 0 Å². The molecule has 0 aliphatic rings. The Morgan fingerprint density at radius 1 is 0.714 bits per heavy atom. The predicted molar refractivity (Wildman–Crippen MR) is 91.5 cm³/mol. The molecule has 0 bridgehead atoms. The van der Waals surface area contributed by atoms with Gasteiger partial charge in [0.1, 0.15) is 0 Å². The van der Waals surface area contributed by atoms with Gasteiger partial charge in [0, 0.05) is 0 Å². The first kappa shape index (κ1) is 7.09. The summed E-state index contributed by atoms with van der Waals surface area (Å²) in [5.41, 5.74) is 3.08. The smallest absolute Gasteiger partial charge is 0.0622 e. The topological polar surface area (TPSA) is 0 Å². The average molecular weight is 280 g/mol. The van der Waals surface area contributed by atoms with Crippen LogP contribution in [0.25, 0.3) is 22.3 Å². The lowest BCUT2D eigenvalue weighted by atomic mass is 9.91. The van der Waals surface area contributed by atoms with Gasteiger partial charge in [-0.3, -0.25) is 0 Å². The quantitative estimate of drug-likeness (QED) is 0.544. The van der Waals surface area contributed by atoms with Gasteiger partial charge < -0.3 is 0 Å². The highest BCUT2D eigenvalue weighted by Crippen LogP contribution is 2.32. The molecule has 0 nitrogen and oxygen atoms in total. The molecular weight excluding hydrogens is 252 g/mol. The van der Waals surface area contributed by atoms with E-state index in [2.05, 4.69) is 0 Å². The molecule has 0 heteroatoms. The maximum Gasteiger partial charge on any atom is 0.0632 e. The number of rotatable bonds is 2. The summed E-state index contributed by atoms with van der Waals surface area (Å²) in [6, 6.07) is 3.64. The van der Waals surface area contributed by atoms with Crippen LogP contribution in [-0.4, -0.2) is 0 Å². The van der Waals surface area contributed by atoms with Crippen LogP contribution < -0.4 is 0 Å². The van der Waals surface area contributed by atoms with Gasteiger partial charge in [-0.15, -0.1) is 0 Å². The molecule has 0 fully saturated rings. The van der Waals surface area contributed by atoms with E-state index in [1.165, 1.54) is 0 Å². The zero-order valence-corrected chi connectivity index (χ0v) is 12.2. The molecule has 3 aromatic carbocycles. The van der Waals surface area contributed by atoms with Gasteiger partial charge in [-0.25, -0.2) is 0 Å². The SMILES string of the molecule is [2H]c1c([2H])c([2H])c(-c2cccc(-c3c([2H])c(C)c([2H])c(C)c3[2H])c2C)c([2H])c1[2H]. The first-order valence-electron chi connectivity index (χ1n) is 10.7. The van der Waals surface area contributed by atoms with Crippen molar-refractivity contribution < 1.29 is 11.0 Å². The van der Waals surface area contributed by atoms with Crippen molar-refractivity contribution in [2.45, 2.75) is 20.8 Å². The highest BCUT2D eigenvalue weighted by molar-refractivity contribution is 5.78. The van der Waals surface area contributed by atoms with Gasteiger partial charge in [0.05, 0.1) is 11.0 Å². The standard InChI is InChI=1S/C21H20/c1-15-12-16(2)14-19(13-15)21-11-7-10-20(17(21)3)18-8-5-4-6-9-18/h4-14H,1-3H3/i4D,5D,6D,8D,9D,12D,13D,14D. The van der Waals surface area contributed by atoms with Gasteiger partial charge >= 0.3 is 0 Å². The molecule has 3 rings (SSSR count). The first-order valence-corrected chi connectivity index (χ1v) is 6.74. The first-order chi connectivity index (χ1) is 13.5. The minimum atomic E-state index is -0.447. The lowest BCUT2D eigenvalue weighted by Gasteiger charge is -2.13. The van der Waals surface area contributed by atoms with E-state index in [9.17, 15) is 0 Å². The van der Waals surface area contributed by atoms with Crippen molar-refractivity contribution in [3.8, 4) is 22.3 Å². The van der Waals surface area contributed by atoms with Gasteiger partial charge in [-0.05, 0) is 48.6 Å². The van der Waals surface area contributed by atoms with Crippen LogP contribution in [0.2, 0.25) is 0 Å². The summed E-state index contributed by atoms with van der Waals surface area (Å²) in [6.45, 7) is 5.11. The van der Waals surface area contributed by atoms with E-state index >= 15 is 0 Å². The fourth-order valence-electron chi connectivity index (χ4n) is 2.45. The van der Waals surface area contributed by atoms with E-state index < -0.39 is 18.1 Å². The summed E-state index contributed by atoms with van der Waals surface area (Å²) >= 11 is 0. The summed E-state index contributed by atoms with van der Waals surface area (Å²) in [7, 11) is 0. The van der Waals surface area contributed by atoms with Gasteiger partial charge in [0.25, 0.3) is 0 Å². The van der Waals surface area contributed by atoms with Crippen molar-refractivity contribution >= 4 is 0 Å². The molecular formula is C21H20. The Balaban J connectivity index is 2.40. The largest absolute Gasteiger partial charge is 0.0632 e. The summed E-state index contributed by atoms with van der Waals surface area (Å²) in [5, 5.41) is 0. The molecule has 21 heavy (non-hydrogen) atoms. The average Bonchev–Trinajstić information content (AvgIpc) is 2.70. The summed E-state index contributed by atoms with van der Waals surface area (Å²) < 4.78 is 65.2. The Hall–Kier alpha value is -2.34. The van der Waals surface area contributed by atoms with Crippen LogP contribution in [0.1, 0.15) is 27.7 Å². The second kappa shape index (κ2) is 5.57. The van der Waals surface area contributed by atoms with Gasteiger partial charge in [0.15, 0.2) is 0 Å². The van der Waals surface area contributed by atoms with Crippen LogP contribution >= 0.6 is 0 Å². The van der Waals surface area contributed by atoms with Crippen LogP contribution in [-0.2, 0) is 0 Å². The van der Waals surface area contributed by atoms with E-state index in [1.807, 2.05) is 0 Å². The van der Waals surface area contributed by atoms with Crippen molar-refractivity contribution in [3.63, 3.8) is 0 Å². The molecule has 0 N–H and O–H groups in total. The fourth-order valence-corrected chi connectivity index (χ4v) is 2.45. The fraction of sp³-hybridized carbons (Fsp3) is 0.143. The Morgan fingerprint density at radius 3 is 1.90 bits per heavy atom. The maximum absolute atomic E-state index is 8.46. The third-order valence-electron chi connectivity index (χ3n) is 3.37. The van der Waals surface area contributed by atoms with E-state index in [0.29, 0.717) is 33.4 Å². The van der Waals surface area contributed by atoms with Crippen LogP contribution in [0.3, 0.4) is 0 Å². The van der Waals surface area contributed by atoms with Crippen LogP contribution in [0.15, 0.2) is 66.5 Å². The lowest BCUT2D eigenvalue weighted by molar-refractivity contribution is 1.37.